The van der Waals surface area contributed by atoms with Crippen molar-refractivity contribution < 1.29 is 40.6 Å². The molecule has 0 amide bonds. The summed E-state index contributed by atoms with van der Waals surface area (Å²) in [7, 11) is 34.6. The Balaban J connectivity index is 0.000000147. The number of pyridine rings is 3. The molecule has 3 saturated heterocycles. The first-order chi connectivity index (χ1) is 53.7. The average Bonchev–Trinajstić information content (AvgIpc) is 1.50. The molecule has 7 aromatic carbocycles. The van der Waals surface area contributed by atoms with Crippen LogP contribution < -0.4 is 14.7 Å². The van der Waals surface area contributed by atoms with Crippen molar-refractivity contribution in [2.24, 2.45) is 0 Å². The normalized spacial score (nSPS) is 16.1. The molecule has 16 rings (SSSR count). The zero-order valence-corrected chi connectivity index (χ0v) is 77.5. The van der Waals surface area contributed by atoms with Gasteiger partial charge in [0.05, 0.1) is 22.5 Å². The Hall–Kier alpha value is -4.44. The zero-order valence-electron chi connectivity index (χ0n) is 66.7. The molecule has 0 N–H and O–H groups in total. The minimum absolute atomic E-state index is 0.0465. The summed E-state index contributed by atoms with van der Waals surface area (Å²) < 4.78 is 5.76. The Morgan fingerprint density at radius 2 is 0.640 bits per heavy atom. The molecule has 3 saturated carbocycles. The van der Waals surface area contributed by atoms with Crippen LogP contribution in [0.3, 0.4) is 0 Å². The Morgan fingerprint density at radius 1 is 0.351 bits per heavy atom. The number of nitrogens with zero attached hydrogens (tertiary/aromatic N) is 6. The fourth-order valence-corrected chi connectivity index (χ4v) is 27.7. The number of hydrogen-bond donors (Lipinski definition) is 0. The SMILES string of the molecule is C1CCC([PH+](C2CCCCC2)C2CCCCC2)CC1.C=Cc1cccc2cccnc12.Cc1cc(C)c(N2[CH-]CCC2)c(C)c1.Cc1cc(C)c(N2[CH-]CCC2)c(C)c1.Cc1cc(C)c(N2[CH-]CCC2)c(C)c1.[Cl][Ru]([Cl])=[CH]c1cccc2cccnc12.[Cl][Ru]([Cl])=[CH]c1cccc2cccnc12.[Cl][Ru]([Cl])=[CH]c1ccccc1. The van der Waals surface area contributed by atoms with Crippen molar-refractivity contribution >= 4 is 136 Å². The van der Waals surface area contributed by atoms with Crippen LogP contribution in [0.4, 0.5) is 17.1 Å². The number of para-hydroxylation sites is 3. The van der Waals surface area contributed by atoms with Gasteiger partial charge in [-0.05, 0) is 198 Å². The first kappa shape index (κ1) is 90.5. The van der Waals surface area contributed by atoms with Crippen LogP contribution in [0.5, 0.6) is 0 Å². The number of rotatable bonds is 10. The fourth-order valence-electron chi connectivity index (χ4n) is 17.1. The third kappa shape index (κ3) is 29.0. The van der Waals surface area contributed by atoms with E-state index in [0.29, 0.717) is 0 Å². The van der Waals surface area contributed by atoms with Crippen LogP contribution in [0.15, 0.2) is 183 Å². The molecule has 600 valence electrons. The van der Waals surface area contributed by atoms with Gasteiger partial charge in [-0.15, -0.1) is 0 Å². The molecular weight excluding hydrogens is 1770 g/mol. The van der Waals surface area contributed by atoms with E-state index in [1.165, 1.54) is 142 Å². The molecule has 3 aromatic heterocycles. The predicted molar refractivity (Wildman–Crippen MR) is 486 cm³/mol. The van der Waals surface area contributed by atoms with E-state index in [4.69, 9.17) is 58.1 Å². The summed E-state index contributed by atoms with van der Waals surface area (Å²) in [6, 6.07) is 53.5. The van der Waals surface area contributed by atoms with Gasteiger partial charge >= 0.3 is 264 Å². The second-order valence-electron chi connectivity index (χ2n) is 30.1. The van der Waals surface area contributed by atoms with Crippen LogP contribution >= 0.6 is 66.1 Å². The summed E-state index contributed by atoms with van der Waals surface area (Å²) >= 11 is -5.14. The van der Waals surface area contributed by atoms with Crippen LogP contribution in [0.25, 0.3) is 38.8 Å². The maximum absolute atomic E-state index is 5.84. The molecule has 16 heteroatoms. The second-order valence-corrected chi connectivity index (χ2v) is 50.7. The number of aryl methyl sites for hydroxylation is 9. The molecule has 6 nitrogen and oxygen atoms in total. The molecule has 0 bridgehead atoms. The summed E-state index contributed by atoms with van der Waals surface area (Å²) in [5.74, 6) is 0. The van der Waals surface area contributed by atoms with E-state index in [9.17, 15) is 0 Å². The first-order valence-corrected chi connectivity index (χ1v) is 58.0. The van der Waals surface area contributed by atoms with Crippen LogP contribution in [-0.2, 0) is 40.6 Å². The second kappa shape index (κ2) is 48.3. The molecule has 6 fully saturated rings. The van der Waals surface area contributed by atoms with Gasteiger partial charge in [0.2, 0.25) is 0 Å². The minimum atomic E-state index is -1.76. The molecule has 3 aliphatic heterocycles. The van der Waals surface area contributed by atoms with E-state index in [1.54, 1.807) is 115 Å². The van der Waals surface area contributed by atoms with Gasteiger partial charge in [0, 0.05) is 42.1 Å². The van der Waals surface area contributed by atoms with Crippen molar-refractivity contribution in [2.75, 3.05) is 34.3 Å². The summed E-state index contributed by atoms with van der Waals surface area (Å²) in [6.45, 7) is 34.0. The number of hydrogen-bond acceptors (Lipinski definition) is 6. The number of fused-ring (bicyclic) bond motifs is 3. The van der Waals surface area contributed by atoms with Gasteiger partial charge in [-0.3, -0.25) is 4.98 Å². The molecule has 6 heterocycles. The van der Waals surface area contributed by atoms with Crippen molar-refractivity contribution in [1.82, 2.24) is 15.0 Å². The van der Waals surface area contributed by atoms with Crippen LogP contribution in [0, 0.1) is 81.9 Å². The molecule has 3 aliphatic carbocycles. The first-order valence-electron chi connectivity index (χ1n) is 39.8. The Labute approximate surface area is 707 Å². The number of halogens is 6. The fraction of sp³-hybridized carbons (Fsp3) is 0.379. The summed E-state index contributed by atoms with van der Waals surface area (Å²) in [4.78, 5) is 20.1. The maximum atomic E-state index is 5.84. The topological polar surface area (TPSA) is 48.4 Å². The molecule has 0 spiro atoms. The Kier molecular flexibility index (Phi) is 39.4. The van der Waals surface area contributed by atoms with E-state index in [-0.39, 0.29) is 7.92 Å². The Morgan fingerprint density at radius 3 is 0.919 bits per heavy atom. The zero-order chi connectivity index (χ0) is 79.0. The van der Waals surface area contributed by atoms with Gasteiger partial charge in [0.15, 0.2) is 0 Å². The van der Waals surface area contributed by atoms with Crippen molar-refractivity contribution in [3.05, 3.63) is 275 Å². The van der Waals surface area contributed by atoms with E-state index in [1.807, 2.05) is 129 Å². The van der Waals surface area contributed by atoms with Gasteiger partial charge in [0.1, 0.15) is 0 Å². The van der Waals surface area contributed by atoms with E-state index in [2.05, 4.69) is 167 Å². The summed E-state index contributed by atoms with van der Waals surface area (Å²) in [6.07, 6.45) is 38.6. The average molecular weight is 1890 g/mol. The summed E-state index contributed by atoms with van der Waals surface area (Å²) in [5.41, 5.74) is 27.7. The van der Waals surface area contributed by atoms with E-state index < -0.39 is 40.6 Å². The van der Waals surface area contributed by atoms with Crippen LogP contribution in [0.1, 0.15) is 207 Å². The van der Waals surface area contributed by atoms with Crippen molar-refractivity contribution in [3.63, 3.8) is 0 Å². The monoisotopic (exact) mass is 1890 g/mol. The van der Waals surface area contributed by atoms with Gasteiger partial charge in [-0.25, -0.2) is 19.6 Å². The van der Waals surface area contributed by atoms with E-state index in [0.717, 1.165) is 55.0 Å². The predicted octanol–water partition coefficient (Wildman–Crippen LogP) is 28.6. The van der Waals surface area contributed by atoms with Gasteiger partial charge in [-0.1, -0.05) is 129 Å². The number of anilines is 3. The summed E-state index contributed by atoms with van der Waals surface area (Å²) in [5, 5.41) is 3.39. The molecule has 0 unspecified atom stereocenters. The van der Waals surface area contributed by atoms with Crippen LogP contribution in [0.2, 0.25) is 0 Å². The van der Waals surface area contributed by atoms with Gasteiger partial charge in [-0.2, -0.15) is 19.3 Å². The molecular formula is C95H117Cl6N6PRu3-2. The molecule has 0 radical (unpaired) electrons. The Bertz CT molecular complexity index is 4250. The van der Waals surface area contributed by atoms with Crippen molar-refractivity contribution in [3.8, 4) is 0 Å². The van der Waals surface area contributed by atoms with Crippen LogP contribution in [-0.4, -0.2) is 65.4 Å². The number of benzene rings is 7. The van der Waals surface area contributed by atoms with Gasteiger partial charge < -0.3 is 14.7 Å². The van der Waals surface area contributed by atoms with E-state index >= 15 is 0 Å². The standard InChI is InChI=1S/C18H33P.3C13H18N.C11H9N.2C10H7N.C7H6.6ClH.3Ru/c1-4-10-16(11-5-1)19(17-12-6-2-7-13-17)18-14-8-3-9-15-18;3*1-10-8-11(2)13(12(3)9-10)14-6-4-5-7-14;1-2-9-5-3-6-10-7-4-8-12-11(9)10;2*1-8-4-2-5-9-6-3-7-11-10(8)9;1-7-5-3-2-4-6-7;;;;;;;;;/h16-18H,1-15H2;3*6,8-9H,4-5,7H2,1-3H3;2-8H,1H2;2*1-7H;1-6H;6*1H;;;/q;3*-1;;;;;;;;;;;3*+2/p-5. The van der Waals surface area contributed by atoms with Crippen molar-refractivity contribution in [1.29, 1.82) is 0 Å². The molecule has 6 aliphatic rings. The third-order valence-corrected chi connectivity index (χ3v) is 31.5. The number of aromatic nitrogens is 3. The molecule has 111 heavy (non-hydrogen) atoms. The molecule has 0 atom stereocenters. The van der Waals surface area contributed by atoms with Gasteiger partial charge in [0.25, 0.3) is 0 Å². The third-order valence-electron chi connectivity index (χ3n) is 21.4. The molecule has 10 aromatic rings. The van der Waals surface area contributed by atoms with Crippen molar-refractivity contribution in [2.45, 2.75) is 214 Å². The quantitative estimate of drug-likeness (QED) is 0.0773.